The molecule has 2 rings (SSSR count). The first kappa shape index (κ1) is 15.3. The molecule has 1 N–H and O–H groups in total. The number of alkyl halides is 3. The zero-order valence-electron chi connectivity index (χ0n) is 10.6. The van der Waals surface area contributed by atoms with Crippen molar-refractivity contribution < 1.29 is 23.1 Å². The molecule has 0 bridgehead atoms. The van der Waals surface area contributed by atoms with Crippen LogP contribution >= 0.6 is 11.3 Å². The van der Waals surface area contributed by atoms with Gasteiger partial charge in [0, 0.05) is 17.5 Å². The molecule has 1 aromatic heterocycles. The standard InChI is InChI=1S/C13H10F3NO3S/c14-13(15,16)9-4-2-1-3-8(9)10-7-21-12(20)17(10)6-5-11(18)19/h1-4,7H,5-6H2,(H,18,19). The van der Waals surface area contributed by atoms with Crippen LogP contribution in [0.5, 0.6) is 0 Å². The average Bonchev–Trinajstić information content (AvgIpc) is 2.76. The van der Waals surface area contributed by atoms with E-state index in [-0.39, 0.29) is 24.2 Å². The molecule has 21 heavy (non-hydrogen) atoms. The van der Waals surface area contributed by atoms with Crippen molar-refractivity contribution in [1.29, 1.82) is 0 Å². The lowest BCUT2D eigenvalue weighted by molar-refractivity contribution is -0.138. The number of hydrogen-bond acceptors (Lipinski definition) is 3. The zero-order chi connectivity index (χ0) is 15.6. The summed E-state index contributed by atoms with van der Waals surface area (Å²) < 4.78 is 40.1. The minimum atomic E-state index is -4.55. The Morgan fingerprint density at radius 1 is 1.29 bits per heavy atom. The van der Waals surface area contributed by atoms with Gasteiger partial charge in [0.25, 0.3) is 0 Å². The van der Waals surface area contributed by atoms with Crippen molar-refractivity contribution in [3.63, 3.8) is 0 Å². The van der Waals surface area contributed by atoms with Gasteiger partial charge < -0.3 is 5.11 Å². The highest BCUT2D eigenvalue weighted by atomic mass is 32.1. The summed E-state index contributed by atoms with van der Waals surface area (Å²) in [6.45, 7) is -0.167. The number of rotatable bonds is 4. The number of hydrogen-bond donors (Lipinski definition) is 1. The summed E-state index contributed by atoms with van der Waals surface area (Å²) in [4.78, 5) is 21.8. The van der Waals surface area contributed by atoms with E-state index in [4.69, 9.17) is 5.11 Å². The summed E-state index contributed by atoms with van der Waals surface area (Å²) >= 11 is 0.744. The quantitative estimate of drug-likeness (QED) is 0.943. The fourth-order valence-electron chi connectivity index (χ4n) is 1.91. The van der Waals surface area contributed by atoms with E-state index in [0.29, 0.717) is 0 Å². The second-order valence-corrected chi connectivity index (χ2v) is 5.05. The smallest absolute Gasteiger partial charge is 0.417 e. The van der Waals surface area contributed by atoms with Crippen LogP contribution in [0.25, 0.3) is 11.3 Å². The van der Waals surface area contributed by atoms with Gasteiger partial charge in [0.1, 0.15) is 0 Å². The molecule has 1 aromatic carbocycles. The van der Waals surface area contributed by atoms with Crippen LogP contribution in [0.3, 0.4) is 0 Å². The molecule has 8 heteroatoms. The van der Waals surface area contributed by atoms with E-state index in [1.54, 1.807) is 0 Å². The fourth-order valence-corrected chi connectivity index (χ4v) is 2.70. The van der Waals surface area contributed by atoms with Crippen molar-refractivity contribution in [2.24, 2.45) is 0 Å². The lowest BCUT2D eigenvalue weighted by atomic mass is 10.0. The third-order valence-corrected chi connectivity index (χ3v) is 3.60. The van der Waals surface area contributed by atoms with Gasteiger partial charge in [-0.15, -0.1) is 0 Å². The highest BCUT2D eigenvalue weighted by molar-refractivity contribution is 7.07. The lowest BCUT2D eigenvalue weighted by Crippen LogP contribution is -2.17. The average molecular weight is 317 g/mol. The normalized spacial score (nSPS) is 11.6. The lowest BCUT2D eigenvalue weighted by Gasteiger charge is -2.13. The maximum absolute atomic E-state index is 13.0. The highest BCUT2D eigenvalue weighted by Crippen LogP contribution is 2.37. The molecule has 0 amide bonds. The zero-order valence-corrected chi connectivity index (χ0v) is 11.4. The van der Waals surface area contributed by atoms with Crippen LogP contribution in [-0.4, -0.2) is 15.6 Å². The summed E-state index contributed by atoms with van der Waals surface area (Å²) in [6.07, 6.45) is -4.88. The molecular formula is C13H10F3NO3S. The van der Waals surface area contributed by atoms with Crippen LogP contribution in [0.4, 0.5) is 13.2 Å². The summed E-state index contributed by atoms with van der Waals surface area (Å²) in [5.41, 5.74) is -0.903. The summed E-state index contributed by atoms with van der Waals surface area (Å²) in [7, 11) is 0. The third kappa shape index (κ3) is 3.33. The van der Waals surface area contributed by atoms with E-state index in [1.807, 2.05) is 0 Å². The Kier molecular flexibility index (Phi) is 4.17. The predicted octanol–water partition coefficient (Wildman–Crippen LogP) is 3.07. The van der Waals surface area contributed by atoms with Gasteiger partial charge in [-0.2, -0.15) is 13.2 Å². The summed E-state index contributed by atoms with van der Waals surface area (Å²) in [5, 5.41) is 9.97. The van der Waals surface area contributed by atoms with E-state index in [9.17, 15) is 22.8 Å². The van der Waals surface area contributed by atoms with Gasteiger partial charge in [-0.3, -0.25) is 14.2 Å². The Labute approximate surface area is 121 Å². The molecule has 0 saturated carbocycles. The Hall–Kier alpha value is -2.09. The van der Waals surface area contributed by atoms with Gasteiger partial charge in [-0.05, 0) is 6.07 Å². The topological polar surface area (TPSA) is 59.3 Å². The van der Waals surface area contributed by atoms with E-state index in [1.165, 1.54) is 23.6 Å². The predicted molar refractivity (Wildman–Crippen MR) is 71.3 cm³/mol. The first-order chi connectivity index (χ1) is 9.80. The minimum Gasteiger partial charge on any atom is -0.481 e. The second kappa shape index (κ2) is 5.72. The maximum Gasteiger partial charge on any atom is 0.417 e. The number of nitrogens with zero attached hydrogens (tertiary/aromatic N) is 1. The third-order valence-electron chi connectivity index (χ3n) is 2.84. The molecule has 0 spiro atoms. The van der Waals surface area contributed by atoms with Crippen LogP contribution in [0.15, 0.2) is 34.4 Å². The number of aromatic nitrogens is 1. The fraction of sp³-hybridized carbons (Fsp3) is 0.231. The highest BCUT2D eigenvalue weighted by Gasteiger charge is 2.34. The SMILES string of the molecule is O=C(O)CCn1c(-c2ccccc2C(F)(F)F)csc1=O. The van der Waals surface area contributed by atoms with Crippen LogP contribution in [-0.2, 0) is 17.5 Å². The molecule has 0 aliphatic rings. The molecule has 0 saturated heterocycles. The first-order valence-electron chi connectivity index (χ1n) is 5.87. The number of halogens is 3. The molecule has 0 aliphatic carbocycles. The first-order valence-corrected chi connectivity index (χ1v) is 6.75. The van der Waals surface area contributed by atoms with Gasteiger partial charge >= 0.3 is 17.0 Å². The van der Waals surface area contributed by atoms with E-state index in [0.717, 1.165) is 22.0 Å². The van der Waals surface area contributed by atoms with Crippen molar-refractivity contribution in [3.05, 3.63) is 44.9 Å². The van der Waals surface area contributed by atoms with Crippen molar-refractivity contribution in [3.8, 4) is 11.3 Å². The Morgan fingerprint density at radius 2 is 1.95 bits per heavy atom. The summed E-state index contributed by atoms with van der Waals surface area (Å²) in [5.74, 6) is -1.12. The molecule has 0 fully saturated rings. The number of benzene rings is 1. The molecule has 2 aromatic rings. The number of carboxylic acids is 1. The van der Waals surface area contributed by atoms with Gasteiger partial charge in [-0.25, -0.2) is 0 Å². The van der Waals surface area contributed by atoms with Crippen LogP contribution in [0.1, 0.15) is 12.0 Å². The largest absolute Gasteiger partial charge is 0.481 e. The van der Waals surface area contributed by atoms with Crippen molar-refractivity contribution in [1.82, 2.24) is 4.57 Å². The van der Waals surface area contributed by atoms with E-state index in [2.05, 4.69) is 0 Å². The Morgan fingerprint density at radius 3 is 2.57 bits per heavy atom. The van der Waals surface area contributed by atoms with E-state index >= 15 is 0 Å². The van der Waals surface area contributed by atoms with Crippen molar-refractivity contribution in [2.75, 3.05) is 0 Å². The number of carboxylic acid groups (broad SMARTS) is 1. The Balaban J connectivity index is 2.53. The van der Waals surface area contributed by atoms with Gasteiger partial charge in [-0.1, -0.05) is 29.5 Å². The van der Waals surface area contributed by atoms with Gasteiger partial charge in [0.2, 0.25) is 0 Å². The molecule has 4 nitrogen and oxygen atoms in total. The Bertz CT molecular complexity index is 718. The summed E-state index contributed by atoms with van der Waals surface area (Å²) in [6, 6.07) is 4.90. The molecule has 0 atom stereocenters. The number of aliphatic carboxylic acids is 1. The number of carbonyl (C=O) groups is 1. The number of thiazole rings is 1. The molecule has 112 valence electrons. The van der Waals surface area contributed by atoms with Crippen LogP contribution in [0, 0.1) is 0 Å². The van der Waals surface area contributed by atoms with Crippen LogP contribution < -0.4 is 4.87 Å². The molecule has 0 aliphatic heterocycles. The van der Waals surface area contributed by atoms with Crippen LogP contribution in [0.2, 0.25) is 0 Å². The minimum absolute atomic E-state index is 0.0826. The van der Waals surface area contributed by atoms with Gasteiger partial charge in [0.05, 0.1) is 17.7 Å². The molecular weight excluding hydrogens is 307 g/mol. The monoisotopic (exact) mass is 317 g/mol. The van der Waals surface area contributed by atoms with Gasteiger partial charge in [0.15, 0.2) is 0 Å². The molecule has 0 radical (unpaired) electrons. The molecule has 1 heterocycles. The van der Waals surface area contributed by atoms with Crippen molar-refractivity contribution >= 4 is 17.3 Å². The van der Waals surface area contributed by atoms with Crippen molar-refractivity contribution in [2.45, 2.75) is 19.1 Å². The molecule has 0 unspecified atom stereocenters. The van der Waals surface area contributed by atoms with E-state index < -0.39 is 22.6 Å². The maximum atomic E-state index is 13.0. The second-order valence-electron chi connectivity index (χ2n) is 4.23.